The van der Waals surface area contributed by atoms with Crippen LogP contribution in [0.25, 0.3) is 0 Å². The molecule has 1 aromatic rings. The molecule has 1 heterocycles. The van der Waals surface area contributed by atoms with Crippen LogP contribution in [0.2, 0.25) is 0 Å². The fraction of sp³-hybridized carbons (Fsp3) is 0.600. The Morgan fingerprint density at radius 3 is 2.54 bits per heavy atom. The largest absolute Gasteiger partial charge is 0.356 e. The SMILES string of the molecule is CCCNC(=O)C1CCN(C(=O)CCc2ccc(C)cc2C)CC1. The molecule has 0 aromatic heterocycles. The van der Waals surface area contributed by atoms with Gasteiger partial charge in [-0.15, -0.1) is 0 Å². The van der Waals surface area contributed by atoms with Gasteiger partial charge in [0.1, 0.15) is 0 Å². The van der Waals surface area contributed by atoms with Gasteiger partial charge in [-0.2, -0.15) is 0 Å². The molecule has 2 amide bonds. The highest BCUT2D eigenvalue weighted by Crippen LogP contribution is 2.19. The van der Waals surface area contributed by atoms with Crippen LogP contribution in [0, 0.1) is 19.8 Å². The third-order valence-corrected chi connectivity index (χ3v) is 4.87. The van der Waals surface area contributed by atoms with Crippen LogP contribution in [0.4, 0.5) is 0 Å². The first-order valence-corrected chi connectivity index (χ1v) is 9.13. The molecule has 0 spiro atoms. The predicted octanol–water partition coefficient (Wildman–Crippen LogP) is 3.00. The topological polar surface area (TPSA) is 49.4 Å². The van der Waals surface area contributed by atoms with Crippen molar-refractivity contribution in [3.63, 3.8) is 0 Å². The van der Waals surface area contributed by atoms with Crippen molar-refractivity contribution < 1.29 is 9.59 Å². The van der Waals surface area contributed by atoms with Gasteiger partial charge >= 0.3 is 0 Å². The molecule has 1 fully saturated rings. The van der Waals surface area contributed by atoms with Crippen molar-refractivity contribution >= 4 is 11.8 Å². The van der Waals surface area contributed by atoms with Crippen LogP contribution in [0.15, 0.2) is 18.2 Å². The number of rotatable bonds is 6. The van der Waals surface area contributed by atoms with E-state index in [-0.39, 0.29) is 17.7 Å². The molecule has 2 rings (SSSR count). The summed E-state index contributed by atoms with van der Waals surface area (Å²) in [6.45, 7) is 8.40. The Kier molecular flexibility index (Phi) is 6.83. The number of amides is 2. The molecule has 0 unspecified atom stereocenters. The summed E-state index contributed by atoms with van der Waals surface area (Å²) in [4.78, 5) is 26.3. The van der Waals surface area contributed by atoms with Crippen molar-refractivity contribution in [1.29, 1.82) is 0 Å². The first kappa shape index (κ1) is 18.5. The molecule has 1 aliphatic heterocycles. The first-order chi connectivity index (χ1) is 11.5. The highest BCUT2D eigenvalue weighted by Gasteiger charge is 2.26. The van der Waals surface area contributed by atoms with Gasteiger partial charge in [0.05, 0.1) is 0 Å². The zero-order valence-electron chi connectivity index (χ0n) is 15.2. The van der Waals surface area contributed by atoms with E-state index in [0.717, 1.165) is 32.2 Å². The van der Waals surface area contributed by atoms with E-state index >= 15 is 0 Å². The zero-order chi connectivity index (χ0) is 17.5. The zero-order valence-corrected chi connectivity index (χ0v) is 15.2. The third kappa shape index (κ3) is 5.08. The molecule has 0 aliphatic carbocycles. The summed E-state index contributed by atoms with van der Waals surface area (Å²) in [5.74, 6) is 0.432. The quantitative estimate of drug-likeness (QED) is 0.872. The summed E-state index contributed by atoms with van der Waals surface area (Å²) in [7, 11) is 0. The second kappa shape index (κ2) is 8.86. The number of hydrogen-bond acceptors (Lipinski definition) is 2. The van der Waals surface area contributed by atoms with Gasteiger partial charge in [0.15, 0.2) is 0 Å². The Morgan fingerprint density at radius 2 is 1.92 bits per heavy atom. The number of nitrogens with zero attached hydrogens (tertiary/aromatic N) is 1. The lowest BCUT2D eigenvalue weighted by Crippen LogP contribution is -2.43. The monoisotopic (exact) mass is 330 g/mol. The van der Waals surface area contributed by atoms with Crippen LogP contribution in [0.5, 0.6) is 0 Å². The summed E-state index contributed by atoms with van der Waals surface area (Å²) in [6.07, 6.45) is 3.87. The Morgan fingerprint density at radius 1 is 1.21 bits per heavy atom. The molecule has 1 saturated heterocycles. The van der Waals surface area contributed by atoms with E-state index < -0.39 is 0 Å². The van der Waals surface area contributed by atoms with Crippen LogP contribution < -0.4 is 5.32 Å². The number of likely N-dealkylation sites (tertiary alicyclic amines) is 1. The molecule has 0 bridgehead atoms. The fourth-order valence-electron chi connectivity index (χ4n) is 3.31. The van der Waals surface area contributed by atoms with Gasteiger partial charge in [0.25, 0.3) is 0 Å². The average molecular weight is 330 g/mol. The van der Waals surface area contributed by atoms with Crippen molar-refractivity contribution in [2.24, 2.45) is 5.92 Å². The Balaban J connectivity index is 1.77. The molecule has 1 aliphatic rings. The maximum atomic E-state index is 12.4. The molecule has 24 heavy (non-hydrogen) atoms. The summed E-state index contributed by atoms with van der Waals surface area (Å²) < 4.78 is 0. The minimum Gasteiger partial charge on any atom is -0.356 e. The first-order valence-electron chi connectivity index (χ1n) is 9.13. The van der Waals surface area contributed by atoms with Crippen molar-refractivity contribution in [3.8, 4) is 0 Å². The number of piperidine rings is 1. The number of benzene rings is 1. The second-order valence-corrected chi connectivity index (χ2v) is 6.88. The Hall–Kier alpha value is -1.84. The van der Waals surface area contributed by atoms with E-state index in [2.05, 4.69) is 44.3 Å². The predicted molar refractivity (Wildman–Crippen MR) is 96.8 cm³/mol. The molecule has 1 N–H and O–H groups in total. The Labute approximate surface area is 145 Å². The van der Waals surface area contributed by atoms with E-state index in [1.54, 1.807) is 0 Å². The van der Waals surface area contributed by atoms with E-state index in [1.807, 2.05) is 4.90 Å². The van der Waals surface area contributed by atoms with Gasteiger partial charge in [-0.05, 0) is 50.7 Å². The van der Waals surface area contributed by atoms with Gasteiger partial charge in [-0.1, -0.05) is 30.7 Å². The maximum Gasteiger partial charge on any atom is 0.223 e. The molecule has 0 atom stereocenters. The second-order valence-electron chi connectivity index (χ2n) is 6.88. The molecule has 4 heteroatoms. The number of hydrogen-bond donors (Lipinski definition) is 1. The average Bonchev–Trinajstić information content (AvgIpc) is 2.58. The smallest absolute Gasteiger partial charge is 0.223 e. The van der Waals surface area contributed by atoms with Crippen molar-refractivity contribution in [2.75, 3.05) is 19.6 Å². The van der Waals surface area contributed by atoms with Gasteiger partial charge in [-0.25, -0.2) is 0 Å². The van der Waals surface area contributed by atoms with Crippen LogP contribution in [-0.2, 0) is 16.0 Å². The molecule has 132 valence electrons. The number of carbonyl (C=O) groups is 2. The van der Waals surface area contributed by atoms with Crippen molar-refractivity contribution in [1.82, 2.24) is 10.2 Å². The summed E-state index contributed by atoms with van der Waals surface area (Å²) in [6, 6.07) is 6.40. The molecular weight excluding hydrogens is 300 g/mol. The molecule has 0 radical (unpaired) electrons. The number of carbonyl (C=O) groups excluding carboxylic acids is 2. The summed E-state index contributed by atoms with van der Waals surface area (Å²) >= 11 is 0. The molecule has 0 saturated carbocycles. The number of aryl methyl sites for hydroxylation is 3. The highest BCUT2D eigenvalue weighted by atomic mass is 16.2. The van der Waals surface area contributed by atoms with Crippen molar-refractivity contribution in [2.45, 2.75) is 52.9 Å². The highest BCUT2D eigenvalue weighted by molar-refractivity contribution is 5.80. The fourth-order valence-corrected chi connectivity index (χ4v) is 3.31. The van der Waals surface area contributed by atoms with Crippen LogP contribution in [0.3, 0.4) is 0 Å². The van der Waals surface area contributed by atoms with E-state index in [4.69, 9.17) is 0 Å². The van der Waals surface area contributed by atoms with Gasteiger partial charge in [0.2, 0.25) is 11.8 Å². The minimum absolute atomic E-state index is 0.0694. The van der Waals surface area contributed by atoms with Crippen LogP contribution in [0.1, 0.15) is 49.3 Å². The minimum atomic E-state index is 0.0694. The van der Waals surface area contributed by atoms with Gasteiger partial charge < -0.3 is 10.2 Å². The van der Waals surface area contributed by atoms with E-state index in [0.29, 0.717) is 19.5 Å². The Bertz CT molecular complexity index is 575. The maximum absolute atomic E-state index is 12.4. The number of nitrogens with one attached hydrogen (secondary N) is 1. The molecule has 4 nitrogen and oxygen atoms in total. The lowest BCUT2D eigenvalue weighted by Gasteiger charge is -2.31. The lowest BCUT2D eigenvalue weighted by atomic mass is 9.95. The van der Waals surface area contributed by atoms with Crippen molar-refractivity contribution in [3.05, 3.63) is 34.9 Å². The summed E-state index contributed by atoms with van der Waals surface area (Å²) in [5.41, 5.74) is 3.77. The van der Waals surface area contributed by atoms with E-state index in [9.17, 15) is 9.59 Å². The third-order valence-electron chi connectivity index (χ3n) is 4.87. The van der Waals surface area contributed by atoms with Gasteiger partial charge in [-0.3, -0.25) is 9.59 Å². The standard InChI is InChI=1S/C20H30N2O2/c1-4-11-21-20(24)18-9-12-22(13-10-18)19(23)8-7-17-6-5-15(2)14-16(17)3/h5-6,14,18H,4,7-13H2,1-3H3,(H,21,24). The van der Waals surface area contributed by atoms with Crippen LogP contribution in [-0.4, -0.2) is 36.3 Å². The van der Waals surface area contributed by atoms with E-state index in [1.165, 1.54) is 16.7 Å². The molecule has 1 aromatic carbocycles. The molecular formula is C20H30N2O2. The normalized spacial score (nSPS) is 15.4. The lowest BCUT2D eigenvalue weighted by molar-refractivity contribution is -0.135. The summed E-state index contributed by atoms with van der Waals surface area (Å²) in [5, 5.41) is 2.96. The van der Waals surface area contributed by atoms with Gasteiger partial charge in [0, 0.05) is 32.0 Å². The van der Waals surface area contributed by atoms with Crippen LogP contribution >= 0.6 is 0 Å².